The smallest absolute Gasteiger partial charge is 0.224 e. The first-order chi connectivity index (χ1) is 11.1. The van der Waals surface area contributed by atoms with Crippen molar-refractivity contribution < 1.29 is 4.79 Å². The highest BCUT2D eigenvalue weighted by Crippen LogP contribution is 2.24. The monoisotopic (exact) mass is 311 g/mol. The number of carbonyl (C=O) groups is 1. The summed E-state index contributed by atoms with van der Waals surface area (Å²) in [7, 11) is 3.71. The van der Waals surface area contributed by atoms with E-state index in [1.54, 1.807) is 42.7 Å². The Kier molecular flexibility index (Phi) is 4.13. The van der Waals surface area contributed by atoms with Gasteiger partial charge in [0, 0.05) is 51.7 Å². The molecular formula is C15H17N7O. The third-order valence-corrected chi connectivity index (χ3v) is 3.52. The summed E-state index contributed by atoms with van der Waals surface area (Å²) in [5, 5.41) is 7.07. The number of carbonyl (C=O) groups excluding carboxylic acids is 1. The summed E-state index contributed by atoms with van der Waals surface area (Å²) in [5.74, 6) is 0.784. The number of aryl methyl sites for hydroxylation is 3. The second-order valence-corrected chi connectivity index (χ2v) is 5.12. The lowest BCUT2D eigenvalue weighted by Crippen LogP contribution is -2.14. The zero-order valence-electron chi connectivity index (χ0n) is 13.0. The van der Waals surface area contributed by atoms with Crippen molar-refractivity contribution in [3.63, 3.8) is 0 Å². The van der Waals surface area contributed by atoms with Crippen LogP contribution in [0.5, 0.6) is 0 Å². The fraction of sp³-hybridized carbons (Fsp3) is 0.267. The molecule has 0 radical (unpaired) electrons. The van der Waals surface area contributed by atoms with Crippen molar-refractivity contribution in [1.82, 2.24) is 29.3 Å². The zero-order valence-corrected chi connectivity index (χ0v) is 13.0. The van der Waals surface area contributed by atoms with Crippen molar-refractivity contribution in [3.05, 3.63) is 43.0 Å². The molecule has 23 heavy (non-hydrogen) atoms. The molecule has 0 fully saturated rings. The Bertz CT molecular complexity index is 806. The zero-order chi connectivity index (χ0) is 16.2. The normalized spacial score (nSPS) is 10.7. The van der Waals surface area contributed by atoms with Gasteiger partial charge in [-0.2, -0.15) is 5.10 Å². The number of anilines is 1. The maximum absolute atomic E-state index is 12.2. The minimum atomic E-state index is -0.0915. The van der Waals surface area contributed by atoms with Gasteiger partial charge in [0.2, 0.25) is 5.91 Å². The van der Waals surface area contributed by atoms with Crippen LogP contribution >= 0.6 is 0 Å². The lowest BCUT2D eigenvalue weighted by atomic mass is 10.2. The SMILES string of the molecule is Cn1ccnc1CCC(=O)Nc1cnn(C)c1-c1cnccn1. The van der Waals surface area contributed by atoms with Crippen molar-refractivity contribution in [2.24, 2.45) is 14.1 Å². The van der Waals surface area contributed by atoms with E-state index in [9.17, 15) is 4.79 Å². The molecule has 1 N–H and O–H groups in total. The van der Waals surface area contributed by atoms with Gasteiger partial charge >= 0.3 is 0 Å². The summed E-state index contributed by atoms with van der Waals surface area (Å²) >= 11 is 0. The minimum absolute atomic E-state index is 0.0915. The maximum Gasteiger partial charge on any atom is 0.224 e. The van der Waals surface area contributed by atoms with Crippen LogP contribution in [0.25, 0.3) is 11.4 Å². The largest absolute Gasteiger partial charge is 0.338 e. The van der Waals surface area contributed by atoms with E-state index in [4.69, 9.17) is 0 Å². The molecule has 0 aromatic carbocycles. The third kappa shape index (κ3) is 3.25. The van der Waals surface area contributed by atoms with Crippen LogP contribution in [0, 0.1) is 0 Å². The molecule has 3 aromatic rings. The van der Waals surface area contributed by atoms with Crippen LogP contribution in [0.4, 0.5) is 5.69 Å². The summed E-state index contributed by atoms with van der Waals surface area (Å²) in [5.41, 5.74) is 2.01. The average Bonchev–Trinajstić information content (AvgIpc) is 3.12. The topological polar surface area (TPSA) is 90.5 Å². The van der Waals surface area contributed by atoms with E-state index in [2.05, 4.69) is 25.4 Å². The maximum atomic E-state index is 12.2. The van der Waals surface area contributed by atoms with Crippen molar-refractivity contribution in [3.8, 4) is 11.4 Å². The van der Waals surface area contributed by atoms with Gasteiger partial charge in [-0.15, -0.1) is 0 Å². The molecule has 3 aromatic heterocycles. The van der Waals surface area contributed by atoms with Crippen molar-refractivity contribution in [2.45, 2.75) is 12.8 Å². The molecule has 118 valence electrons. The summed E-state index contributed by atoms with van der Waals surface area (Å²) in [6, 6.07) is 0. The van der Waals surface area contributed by atoms with Crippen LogP contribution < -0.4 is 5.32 Å². The van der Waals surface area contributed by atoms with Crippen molar-refractivity contribution >= 4 is 11.6 Å². The second-order valence-electron chi connectivity index (χ2n) is 5.12. The van der Waals surface area contributed by atoms with E-state index in [0.29, 0.717) is 24.2 Å². The number of aromatic nitrogens is 6. The average molecular weight is 311 g/mol. The third-order valence-electron chi connectivity index (χ3n) is 3.52. The molecule has 3 rings (SSSR count). The molecular weight excluding hydrogens is 294 g/mol. The van der Waals surface area contributed by atoms with Crippen LogP contribution in [-0.2, 0) is 25.3 Å². The molecule has 0 saturated carbocycles. The van der Waals surface area contributed by atoms with Gasteiger partial charge in [-0.05, 0) is 0 Å². The van der Waals surface area contributed by atoms with Crippen LogP contribution in [-0.4, -0.2) is 35.2 Å². The molecule has 0 atom stereocenters. The van der Waals surface area contributed by atoms with Crippen LogP contribution in [0.15, 0.2) is 37.2 Å². The highest BCUT2D eigenvalue weighted by molar-refractivity contribution is 5.94. The van der Waals surface area contributed by atoms with E-state index < -0.39 is 0 Å². The van der Waals surface area contributed by atoms with Crippen LogP contribution in [0.3, 0.4) is 0 Å². The number of hydrogen-bond donors (Lipinski definition) is 1. The van der Waals surface area contributed by atoms with E-state index in [1.807, 2.05) is 17.8 Å². The highest BCUT2D eigenvalue weighted by Gasteiger charge is 2.15. The molecule has 8 heteroatoms. The fourth-order valence-corrected chi connectivity index (χ4v) is 2.33. The highest BCUT2D eigenvalue weighted by atomic mass is 16.1. The molecule has 8 nitrogen and oxygen atoms in total. The first-order valence-corrected chi connectivity index (χ1v) is 7.19. The molecule has 0 aliphatic heterocycles. The van der Waals surface area contributed by atoms with Gasteiger partial charge < -0.3 is 9.88 Å². The summed E-state index contributed by atoms with van der Waals surface area (Å²) in [6.45, 7) is 0. The Hall–Kier alpha value is -3.03. The Balaban J connectivity index is 1.71. The molecule has 0 saturated heterocycles. The van der Waals surface area contributed by atoms with Crippen molar-refractivity contribution in [2.75, 3.05) is 5.32 Å². The van der Waals surface area contributed by atoms with E-state index in [1.165, 1.54) is 0 Å². The van der Waals surface area contributed by atoms with E-state index in [0.717, 1.165) is 11.5 Å². The first-order valence-electron chi connectivity index (χ1n) is 7.19. The molecule has 3 heterocycles. The molecule has 1 amide bonds. The Morgan fingerprint density at radius 3 is 2.74 bits per heavy atom. The molecule has 0 spiro atoms. The van der Waals surface area contributed by atoms with Gasteiger partial charge in [-0.25, -0.2) is 4.98 Å². The number of rotatable bonds is 5. The predicted molar refractivity (Wildman–Crippen MR) is 84.4 cm³/mol. The summed E-state index contributed by atoms with van der Waals surface area (Å²) < 4.78 is 3.57. The quantitative estimate of drug-likeness (QED) is 0.764. The minimum Gasteiger partial charge on any atom is -0.338 e. The Morgan fingerprint density at radius 2 is 2.04 bits per heavy atom. The van der Waals surface area contributed by atoms with Gasteiger partial charge in [-0.1, -0.05) is 0 Å². The Labute approximate surface area is 133 Å². The summed E-state index contributed by atoms with van der Waals surface area (Å²) in [4.78, 5) is 24.7. The molecule has 0 aliphatic carbocycles. The number of nitrogens with zero attached hydrogens (tertiary/aromatic N) is 6. The van der Waals surface area contributed by atoms with Crippen LogP contribution in [0.1, 0.15) is 12.2 Å². The standard InChI is InChI=1S/C15H17N7O/c1-21-8-7-18-13(21)3-4-14(23)20-12-10-19-22(2)15(12)11-9-16-5-6-17-11/h5-10H,3-4H2,1-2H3,(H,20,23). The number of amides is 1. The van der Waals surface area contributed by atoms with E-state index >= 15 is 0 Å². The lowest BCUT2D eigenvalue weighted by molar-refractivity contribution is -0.116. The molecule has 0 bridgehead atoms. The van der Waals surface area contributed by atoms with Gasteiger partial charge in [0.15, 0.2) is 0 Å². The number of imidazole rings is 1. The lowest BCUT2D eigenvalue weighted by Gasteiger charge is -2.07. The van der Waals surface area contributed by atoms with Crippen molar-refractivity contribution in [1.29, 1.82) is 0 Å². The van der Waals surface area contributed by atoms with Gasteiger partial charge in [0.1, 0.15) is 17.2 Å². The predicted octanol–water partition coefficient (Wildman–Crippen LogP) is 1.18. The van der Waals surface area contributed by atoms with Crippen LogP contribution in [0.2, 0.25) is 0 Å². The number of nitrogens with one attached hydrogen (secondary N) is 1. The summed E-state index contributed by atoms with van der Waals surface area (Å²) in [6.07, 6.45) is 11.0. The number of hydrogen-bond acceptors (Lipinski definition) is 5. The first kappa shape index (κ1) is 14.9. The van der Waals surface area contributed by atoms with Gasteiger partial charge in [0.25, 0.3) is 0 Å². The second kappa shape index (κ2) is 6.39. The Morgan fingerprint density at radius 1 is 1.17 bits per heavy atom. The van der Waals surface area contributed by atoms with Gasteiger partial charge in [0.05, 0.1) is 18.1 Å². The molecule has 0 aliphatic rings. The van der Waals surface area contributed by atoms with Gasteiger partial charge in [-0.3, -0.25) is 19.4 Å². The fourth-order valence-electron chi connectivity index (χ4n) is 2.33. The molecule has 0 unspecified atom stereocenters. The van der Waals surface area contributed by atoms with E-state index in [-0.39, 0.29) is 5.91 Å².